The lowest BCUT2D eigenvalue weighted by atomic mass is 9.99. The number of amides is 2. The molecule has 134 valence electrons. The first-order valence-electron chi connectivity index (χ1n) is 9.11. The van der Waals surface area contributed by atoms with Crippen molar-refractivity contribution in [3.05, 3.63) is 36.9 Å². The van der Waals surface area contributed by atoms with Crippen LogP contribution in [0.25, 0.3) is 0 Å². The molecule has 1 aromatic carbocycles. The SMILES string of the molecule is C=CCNC(=O)C1(C(=O)Nc2ccc(N3CCC(C)CC3)cc2)CC1. The summed E-state index contributed by atoms with van der Waals surface area (Å²) in [5, 5.41) is 5.63. The first-order valence-corrected chi connectivity index (χ1v) is 9.11. The molecule has 0 bridgehead atoms. The minimum absolute atomic E-state index is 0.205. The lowest BCUT2D eigenvalue weighted by molar-refractivity contribution is -0.134. The number of piperidine rings is 1. The van der Waals surface area contributed by atoms with Gasteiger partial charge in [0.05, 0.1) is 0 Å². The van der Waals surface area contributed by atoms with Crippen LogP contribution in [0.5, 0.6) is 0 Å². The van der Waals surface area contributed by atoms with E-state index in [4.69, 9.17) is 0 Å². The van der Waals surface area contributed by atoms with Gasteiger partial charge in [0.25, 0.3) is 0 Å². The van der Waals surface area contributed by atoms with Crippen LogP contribution in [0, 0.1) is 11.3 Å². The molecule has 1 saturated heterocycles. The lowest BCUT2D eigenvalue weighted by Gasteiger charge is -2.32. The van der Waals surface area contributed by atoms with E-state index in [-0.39, 0.29) is 11.8 Å². The number of anilines is 2. The van der Waals surface area contributed by atoms with Crippen molar-refractivity contribution in [2.75, 3.05) is 29.9 Å². The third-order valence-corrected chi connectivity index (χ3v) is 5.30. The summed E-state index contributed by atoms with van der Waals surface area (Å²) in [6.07, 6.45) is 5.27. The highest BCUT2D eigenvalue weighted by Gasteiger charge is 2.56. The Bertz CT molecular complexity index is 641. The maximum atomic E-state index is 12.5. The van der Waals surface area contributed by atoms with E-state index < -0.39 is 5.41 Å². The zero-order valence-corrected chi connectivity index (χ0v) is 14.9. The van der Waals surface area contributed by atoms with Crippen LogP contribution < -0.4 is 15.5 Å². The fourth-order valence-corrected chi connectivity index (χ4v) is 3.29. The first-order chi connectivity index (χ1) is 12.0. The summed E-state index contributed by atoms with van der Waals surface area (Å²) in [4.78, 5) is 27.1. The number of hydrogen-bond donors (Lipinski definition) is 2. The molecule has 0 atom stereocenters. The Morgan fingerprint density at radius 2 is 1.84 bits per heavy atom. The van der Waals surface area contributed by atoms with E-state index in [0.29, 0.717) is 19.4 Å². The quantitative estimate of drug-likeness (QED) is 0.618. The van der Waals surface area contributed by atoms with Gasteiger partial charge in [-0.05, 0) is 55.9 Å². The fraction of sp³-hybridized carbons (Fsp3) is 0.500. The topological polar surface area (TPSA) is 61.4 Å². The van der Waals surface area contributed by atoms with Gasteiger partial charge in [-0.2, -0.15) is 0 Å². The van der Waals surface area contributed by atoms with Crippen LogP contribution in [0.3, 0.4) is 0 Å². The zero-order valence-electron chi connectivity index (χ0n) is 14.9. The van der Waals surface area contributed by atoms with Crippen LogP contribution in [-0.4, -0.2) is 31.4 Å². The molecule has 1 heterocycles. The standard InChI is InChI=1S/C20H27N3O2/c1-3-12-21-18(24)20(10-11-20)19(25)22-16-4-6-17(7-5-16)23-13-8-15(2)9-14-23/h3-7,15H,1,8-14H2,2H3,(H,21,24)(H,22,25). The van der Waals surface area contributed by atoms with Crippen molar-refractivity contribution in [2.45, 2.75) is 32.6 Å². The summed E-state index contributed by atoms with van der Waals surface area (Å²) < 4.78 is 0. The van der Waals surface area contributed by atoms with Crippen molar-refractivity contribution >= 4 is 23.2 Å². The minimum atomic E-state index is -0.898. The van der Waals surface area contributed by atoms with Gasteiger partial charge in [0, 0.05) is 31.0 Å². The van der Waals surface area contributed by atoms with Gasteiger partial charge in [-0.1, -0.05) is 13.0 Å². The maximum absolute atomic E-state index is 12.5. The van der Waals surface area contributed by atoms with Gasteiger partial charge in [-0.15, -0.1) is 6.58 Å². The monoisotopic (exact) mass is 341 g/mol. The summed E-state index contributed by atoms with van der Waals surface area (Å²) in [6.45, 7) is 8.43. The number of nitrogens with one attached hydrogen (secondary N) is 2. The Kier molecular flexibility index (Phi) is 5.11. The second-order valence-electron chi connectivity index (χ2n) is 7.25. The second-order valence-corrected chi connectivity index (χ2v) is 7.25. The zero-order chi connectivity index (χ0) is 17.9. The van der Waals surface area contributed by atoms with Gasteiger partial charge in [0.1, 0.15) is 5.41 Å². The number of benzene rings is 1. The molecule has 2 amide bonds. The molecule has 0 radical (unpaired) electrons. The van der Waals surface area contributed by atoms with Gasteiger partial charge in [0.2, 0.25) is 11.8 Å². The van der Waals surface area contributed by atoms with Crippen LogP contribution in [0.15, 0.2) is 36.9 Å². The molecule has 0 spiro atoms. The molecule has 3 rings (SSSR count). The summed E-state index contributed by atoms with van der Waals surface area (Å²) in [7, 11) is 0. The number of rotatable bonds is 6. The number of nitrogens with zero attached hydrogens (tertiary/aromatic N) is 1. The highest BCUT2D eigenvalue weighted by Crippen LogP contribution is 2.46. The Labute approximate surface area is 149 Å². The van der Waals surface area contributed by atoms with Crippen LogP contribution in [0.4, 0.5) is 11.4 Å². The Morgan fingerprint density at radius 3 is 2.40 bits per heavy atom. The van der Waals surface area contributed by atoms with E-state index in [1.807, 2.05) is 24.3 Å². The van der Waals surface area contributed by atoms with E-state index in [0.717, 1.165) is 24.7 Å². The van der Waals surface area contributed by atoms with Crippen LogP contribution >= 0.6 is 0 Å². The average molecular weight is 341 g/mol. The lowest BCUT2D eigenvalue weighted by Crippen LogP contribution is -2.40. The number of hydrogen-bond acceptors (Lipinski definition) is 3. The molecule has 0 aromatic heterocycles. The molecule has 25 heavy (non-hydrogen) atoms. The highest BCUT2D eigenvalue weighted by molar-refractivity contribution is 6.13. The fourth-order valence-electron chi connectivity index (χ4n) is 3.29. The molecular weight excluding hydrogens is 314 g/mol. The van der Waals surface area contributed by atoms with Crippen molar-refractivity contribution in [1.29, 1.82) is 0 Å². The molecule has 1 aliphatic heterocycles. The molecule has 1 aliphatic carbocycles. The first kappa shape index (κ1) is 17.5. The van der Waals surface area contributed by atoms with Crippen molar-refractivity contribution in [3.63, 3.8) is 0 Å². The Balaban J connectivity index is 1.59. The van der Waals surface area contributed by atoms with E-state index in [9.17, 15) is 9.59 Å². The molecule has 5 nitrogen and oxygen atoms in total. The second kappa shape index (κ2) is 7.30. The van der Waals surface area contributed by atoms with E-state index in [2.05, 4.69) is 29.0 Å². The predicted octanol–water partition coefficient (Wildman–Crippen LogP) is 2.94. The third-order valence-electron chi connectivity index (χ3n) is 5.30. The Hall–Kier alpha value is -2.30. The summed E-state index contributed by atoms with van der Waals surface area (Å²) in [6, 6.07) is 7.93. The van der Waals surface area contributed by atoms with Gasteiger partial charge in [-0.3, -0.25) is 9.59 Å². The van der Waals surface area contributed by atoms with Gasteiger partial charge in [-0.25, -0.2) is 0 Å². The van der Waals surface area contributed by atoms with Crippen molar-refractivity contribution in [3.8, 4) is 0 Å². The third kappa shape index (κ3) is 3.86. The molecule has 0 unspecified atom stereocenters. The summed E-state index contributed by atoms with van der Waals surface area (Å²) >= 11 is 0. The normalized spacial score (nSPS) is 19.2. The summed E-state index contributed by atoms with van der Waals surface area (Å²) in [5.74, 6) is 0.384. The van der Waals surface area contributed by atoms with Gasteiger partial charge < -0.3 is 15.5 Å². The average Bonchev–Trinajstić information content (AvgIpc) is 3.43. The molecule has 2 N–H and O–H groups in total. The minimum Gasteiger partial charge on any atom is -0.372 e. The molecule has 5 heteroatoms. The van der Waals surface area contributed by atoms with Gasteiger partial charge in [0.15, 0.2) is 0 Å². The number of carbonyl (C=O) groups is 2. The predicted molar refractivity (Wildman–Crippen MR) is 101 cm³/mol. The molecule has 1 saturated carbocycles. The number of carbonyl (C=O) groups excluding carboxylic acids is 2. The van der Waals surface area contributed by atoms with Crippen LogP contribution in [0.1, 0.15) is 32.6 Å². The van der Waals surface area contributed by atoms with E-state index in [1.165, 1.54) is 18.5 Å². The van der Waals surface area contributed by atoms with Crippen LogP contribution in [0.2, 0.25) is 0 Å². The van der Waals surface area contributed by atoms with E-state index >= 15 is 0 Å². The van der Waals surface area contributed by atoms with Crippen molar-refractivity contribution < 1.29 is 9.59 Å². The summed E-state index contributed by atoms with van der Waals surface area (Å²) in [5.41, 5.74) is 1.03. The molecule has 2 fully saturated rings. The highest BCUT2D eigenvalue weighted by atomic mass is 16.2. The van der Waals surface area contributed by atoms with E-state index in [1.54, 1.807) is 6.08 Å². The Morgan fingerprint density at radius 1 is 1.20 bits per heavy atom. The smallest absolute Gasteiger partial charge is 0.240 e. The molecule has 2 aliphatic rings. The largest absolute Gasteiger partial charge is 0.372 e. The van der Waals surface area contributed by atoms with Gasteiger partial charge >= 0.3 is 0 Å². The molecule has 1 aromatic rings. The van der Waals surface area contributed by atoms with Crippen LogP contribution in [-0.2, 0) is 9.59 Å². The molecular formula is C20H27N3O2. The maximum Gasteiger partial charge on any atom is 0.240 e. The van der Waals surface area contributed by atoms with Crippen molar-refractivity contribution in [1.82, 2.24) is 5.32 Å². The van der Waals surface area contributed by atoms with Crippen molar-refractivity contribution in [2.24, 2.45) is 11.3 Å².